The lowest BCUT2D eigenvalue weighted by Crippen LogP contribution is -2.37. The Morgan fingerprint density at radius 2 is 2.17 bits per heavy atom. The number of benzene rings is 1. The number of amides is 2. The van der Waals surface area contributed by atoms with Gasteiger partial charge in [0, 0.05) is 25.2 Å². The van der Waals surface area contributed by atoms with Crippen molar-refractivity contribution in [2.24, 2.45) is 0 Å². The zero-order valence-corrected chi connectivity index (χ0v) is 12.7. The molecule has 0 radical (unpaired) electrons. The Balaban J connectivity index is 1.60. The number of carbonyl (C=O) groups is 2. The Labute approximate surface area is 132 Å². The van der Waals surface area contributed by atoms with Gasteiger partial charge in [-0.2, -0.15) is 0 Å². The van der Waals surface area contributed by atoms with Gasteiger partial charge >= 0.3 is 0 Å². The van der Waals surface area contributed by atoms with E-state index in [1.54, 1.807) is 24.0 Å². The smallest absolute Gasteiger partial charge is 0.272 e. The van der Waals surface area contributed by atoms with E-state index in [1.165, 1.54) is 18.5 Å². The van der Waals surface area contributed by atoms with Gasteiger partial charge in [-0.1, -0.05) is 12.1 Å². The van der Waals surface area contributed by atoms with E-state index in [0.717, 1.165) is 5.56 Å². The van der Waals surface area contributed by atoms with Crippen LogP contribution in [-0.4, -0.2) is 39.3 Å². The fourth-order valence-electron chi connectivity index (χ4n) is 2.67. The van der Waals surface area contributed by atoms with Crippen LogP contribution in [0.4, 0.5) is 4.39 Å². The molecule has 0 aliphatic carbocycles. The number of aryl methyl sites for hydroxylation is 1. The number of aromatic amines is 1. The van der Waals surface area contributed by atoms with Crippen LogP contribution >= 0.6 is 0 Å². The third kappa shape index (κ3) is 3.39. The number of nitrogens with one attached hydrogen (secondary N) is 2. The van der Waals surface area contributed by atoms with Crippen molar-refractivity contribution < 1.29 is 14.0 Å². The third-order valence-corrected chi connectivity index (χ3v) is 3.88. The van der Waals surface area contributed by atoms with E-state index >= 15 is 0 Å². The van der Waals surface area contributed by atoms with E-state index in [2.05, 4.69) is 15.3 Å². The number of hydrogen-bond donors (Lipinski definition) is 2. The highest BCUT2D eigenvalue weighted by molar-refractivity contribution is 5.94. The summed E-state index contributed by atoms with van der Waals surface area (Å²) in [6.07, 6.45) is 1.72. The lowest BCUT2D eigenvalue weighted by atomic mass is 10.2. The molecule has 1 aliphatic rings. The molecule has 2 amide bonds. The Morgan fingerprint density at radius 3 is 2.83 bits per heavy atom. The first-order valence-corrected chi connectivity index (χ1v) is 7.36. The first-order valence-electron chi connectivity index (χ1n) is 7.36. The van der Waals surface area contributed by atoms with E-state index in [1.807, 2.05) is 0 Å². The highest BCUT2D eigenvalue weighted by atomic mass is 19.1. The fraction of sp³-hybridized carbons (Fsp3) is 0.312. The maximum Gasteiger partial charge on any atom is 0.272 e. The van der Waals surface area contributed by atoms with Crippen molar-refractivity contribution in [1.82, 2.24) is 20.2 Å². The Hall–Kier alpha value is -2.70. The van der Waals surface area contributed by atoms with Crippen LogP contribution in [0.5, 0.6) is 0 Å². The van der Waals surface area contributed by atoms with Crippen molar-refractivity contribution in [1.29, 1.82) is 0 Å². The Bertz CT molecular complexity index is 726. The van der Waals surface area contributed by atoms with Crippen LogP contribution in [0, 0.1) is 12.7 Å². The molecule has 7 heteroatoms. The van der Waals surface area contributed by atoms with Crippen LogP contribution < -0.4 is 5.32 Å². The Kier molecular flexibility index (Phi) is 4.10. The molecule has 1 aromatic carbocycles. The molecular weight excluding hydrogens is 299 g/mol. The summed E-state index contributed by atoms with van der Waals surface area (Å²) < 4.78 is 12.9. The maximum absolute atomic E-state index is 12.9. The maximum atomic E-state index is 12.9. The van der Waals surface area contributed by atoms with Crippen molar-refractivity contribution >= 4 is 11.8 Å². The van der Waals surface area contributed by atoms with Gasteiger partial charge in [0.15, 0.2) is 0 Å². The van der Waals surface area contributed by atoms with Gasteiger partial charge in [0.1, 0.15) is 11.5 Å². The summed E-state index contributed by atoms with van der Waals surface area (Å²) in [5.41, 5.74) is 1.89. The average molecular weight is 316 g/mol. The molecular formula is C16H17FN4O2. The van der Waals surface area contributed by atoms with Crippen LogP contribution in [0.15, 0.2) is 30.6 Å². The molecule has 2 aromatic rings. The quantitative estimate of drug-likeness (QED) is 0.895. The topological polar surface area (TPSA) is 78.1 Å². The van der Waals surface area contributed by atoms with Crippen molar-refractivity contribution in [3.63, 3.8) is 0 Å². The summed E-state index contributed by atoms with van der Waals surface area (Å²) >= 11 is 0. The molecule has 1 atom stereocenters. The lowest BCUT2D eigenvalue weighted by Gasteiger charge is -2.17. The van der Waals surface area contributed by atoms with Crippen LogP contribution in [0.25, 0.3) is 0 Å². The second kappa shape index (κ2) is 6.20. The number of carbonyl (C=O) groups excluding carboxylic acids is 2. The number of nitrogens with zero attached hydrogens (tertiary/aromatic N) is 2. The second-order valence-electron chi connectivity index (χ2n) is 5.65. The van der Waals surface area contributed by atoms with E-state index in [9.17, 15) is 14.0 Å². The van der Waals surface area contributed by atoms with Gasteiger partial charge in [-0.3, -0.25) is 9.59 Å². The molecule has 1 aliphatic heterocycles. The van der Waals surface area contributed by atoms with Crippen LogP contribution in [0.1, 0.15) is 28.2 Å². The number of rotatable bonds is 4. The minimum Gasteiger partial charge on any atom is -0.348 e. The van der Waals surface area contributed by atoms with Gasteiger partial charge in [0.05, 0.1) is 12.4 Å². The first kappa shape index (κ1) is 15.2. The molecule has 1 saturated heterocycles. The number of aromatic nitrogens is 2. The molecule has 1 fully saturated rings. The van der Waals surface area contributed by atoms with E-state index < -0.39 is 0 Å². The summed E-state index contributed by atoms with van der Waals surface area (Å²) in [7, 11) is 0. The van der Waals surface area contributed by atoms with Crippen LogP contribution in [0.3, 0.4) is 0 Å². The molecule has 2 N–H and O–H groups in total. The minimum absolute atomic E-state index is 0.0293. The average Bonchev–Trinajstić information content (AvgIpc) is 3.08. The summed E-state index contributed by atoms with van der Waals surface area (Å²) in [4.78, 5) is 32.7. The summed E-state index contributed by atoms with van der Waals surface area (Å²) in [5, 5.41) is 2.83. The number of imidazole rings is 1. The SMILES string of the molecule is Cc1[nH]cnc1C(=O)N[C@@H]1CC(=O)N(Cc2ccc(F)cc2)C1. The predicted octanol–water partition coefficient (Wildman–Crippen LogP) is 1.39. The van der Waals surface area contributed by atoms with Gasteiger partial charge < -0.3 is 15.2 Å². The standard InChI is InChI=1S/C16H17FN4O2/c1-10-15(19-9-18-10)16(23)20-13-6-14(22)21(8-13)7-11-2-4-12(17)5-3-11/h2-5,9,13H,6-8H2,1H3,(H,18,19)(H,20,23)/t13-/m1/s1. The molecule has 0 unspecified atom stereocenters. The molecule has 120 valence electrons. The van der Waals surface area contributed by atoms with Gasteiger partial charge in [0.25, 0.3) is 5.91 Å². The zero-order valence-electron chi connectivity index (χ0n) is 12.7. The van der Waals surface area contributed by atoms with Gasteiger partial charge in [0.2, 0.25) is 5.91 Å². The molecule has 0 spiro atoms. The van der Waals surface area contributed by atoms with E-state index in [0.29, 0.717) is 24.5 Å². The van der Waals surface area contributed by atoms with E-state index in [4.69, 9.17) is 0 Å². The monoisotopic (exact) mass is 316 g/mol. The largest absolute Gasteiger partial charge is 0.348 e. The highest BCUT2D eigenvalue weighted by Gasteiger charge is 2.31. The molecule has 0 saturated carbocycles. The normalized spacial score (nSPS) is 17.6. The summed E-state index contributed by atoms with van der Waals surface area (Å²) in [6.45, 7) is 2.61. The van der Waals surface area contributed by atoms with E-state index in [-0.39, 0.29) is 30.1 Å². The summed E-state index contributed by atoms with van der Waals surface area (Å²) in [5.74, 6) is -0.621. The third-order valence-electron chi connectivity index (χ3n) is 3.88. The second-order valence-corrected chi connectivity index (χ2v) is 5.65. The van der Waals surface area contributed by atoms with Crippen molar-refractivity contribution in [2.75, 3.05) is 6.54 Å². The number of H-pyrrole nitrogens is 1. The molecule has 6 nitrogen and oxygen atoms in total. The van der Waals surface area contributed by atoms with Crippen LogP contribution in [-0.2, 0) is 11.3 Å². The van der Waals surface area contributed by atoms with Crippen molar-refractivity contribution in [3.8, 4) is 0 Å². The first-order chi connectivity index (χ1) is 11.0. The van der Waals surface area contributed by atoms with Crippen molar-refractivity contribution in [3.05, 3.63) is 53.4 Å². The molecule has 2 heterocycles. The summed E-state index contributed by atoms with van der Waals surface area (Å²) in [6, 6.07) is 5.81. The van der Waals surface area contributed by atoms with Crippen LogP contribution in [0.2, 0.25) is 0 Å². The van der Waals surface area contributed by atoms with Gasteiger partial charge in [-0.15, -0.1) is 0 Å². The number of halogens is 1. The van der Waals surface area contributed by atoms with Crippen molar-refractivity contribution in [2.45, 2.75) is 25.9 Å². The lowest BCUT2D eigenvalue weighted by molar-refractivity contribution is -0.128. The molecule has 0 bridgehead atoms. The van der Waals surface area contributed by atoms with Gasteiger partial charge in [-0.05, 0) is 24.6 Å². The fourth-order valence-corrected chi connectivity index (χ4v) is 2.67. The molecule has 3 rings (SSSR count). The van der Waals surface area contributed by atoms with Gasteiger partial charge in [-0.25, -0.2) is 9.37 Å². The number of hydrogen-bond acceptors (Lipinski definition) is 3. The highest BCUT2D eigenvalue weighted by Crippen LogP contribution is 2.16. The zero-order chi connectivity index (χ0) is 16.4. The molecule has 1 aromatic heterocycles. The minimum atomic E-state index is -0.305. The molecule has 23 heavy (non-hydrogen) atoms. The predicted molar refractivity (Wildman–Crippen MR) is 81.0 cm³/mol. The Morgan fingerprint density at radius 1 is 1.43 bits per heavy atom. The number of likely N-dealkylation sites (tertiary alicyclic amines) is 1.